The first-order valence-electron chi connectivity index (χ1n) is 6.50. The van der Waals surface area contributed by atoms with E-state index in [-0.39, 0.29) is 4.90 Å². The first-order chi connectivity index (χ1) is 9.82. The lowest BCUT2D eigenvalue weighted by atomic mass is 10.1. The van der Waals surface area contributed by atoms with E-state index in [1.165, 1.54) is 6.07 Å². The van der Waals surface area contributed by atoms with Gasteiger partial charge in [0.15, 0.2) is 0 Å². The third kappa shape index (κ3) is 3.57. The minimum Gasteiger partial charge on any atom is -0.487 e. The molecule has 1 aromatic heterocycles. The lowest BCUT2D eigenvalue weighted by molar-refractivity contribution is 0.293. The minimum atomic E-state index is -3.74. The van der Waals surface area contributed by atoms with E-state index >= 15 is 0 Å². The molecule has 0 radical (unpaired) electrons. The lowest BCUT2D eigenvalue weighted by Gasteiger charge is -2.13. The minimum absolute atomic E-state index is 0.118. The quantitative estimate of drug-likeness (QED) is 0.791. The smallest absolute Gasteiger partial charge is 0.261 e. The molecule has 1 heterocycles. The number of halogens is 1. The lowest BCUT2D eigenvalue weighted by Crippen LogP contribution is -2.05. The van der Waals surface area contributed by atoms with Crippen LogP contribution in [0.15, 0.2) is 29.6 Å². The molecule has 0 amide bonds. The van der Waals surface area contributed by atoms with Crippen LogP contribution in [-0.4, -0.2) is 18.0 Å². The van der Waals surface area contributed by atoms with Gasteiger partial charge in [-0.3, -0.25) is 0 Å². The zero-order valence-corrected chi connectivity index (χ0v) is 13.7. The second-order valence-corrected chi connectivity index (χ2v) is 7.32. The van der Waals surface area contributed by atoms with Crippen molar-refractivity contribution in [3.63, 3.8) is 0 Å². The molecule has 2 aromatic rings. The molecule has 7 heteroatoms. The van der Waals surface area contributed by atoms with Gasteiger partial charge in [0, 0.05) is 17.2 Å². The van der Waals surface area contributed by atoms with Crippen LogP contribution in [0.1, 0.15) is 23.7 Å². The number of nitrogens with zero attached hydrogens (tertiary/aromatic N) is 2. The summed E-state index contributed by atoms with van der Waals surface area (Å²) in [6, 6.07) is 3.22. The van der Waals surface area contributed by atoms with Crippen molar-refractivity contribution in [3.05, 3.63) is 41.5 Å². The van der Waals surface area contributed by atoms with Crippen LogP contribution in [-0.2, 0) is 22.2 Å². The Morgan fingerprint density at radius 1 is 1.29 bits per heavy atom. The Hall–Kier alpha value is -1.53. The van der Waals surface area contributed by atoms with Crippen molar-refractivity contribution in [1.82, 2.24) is 9.55 Å². The first-order valence-corrected chi connectivity index (χ1v) is 8.81. The van der Waals surface area contributed by atoms with E-state index in [4.69, 9.17) is 15.4 Å². The fourth-order valence-electron chi connectivity index (χ4n) is 2.09. The molecule has 2 rings (SSSR count). The maximum atomic E-state index is 11.5. The summed E-state index contributed by atoms with van der Waals surface area (Å²) >= 11 is 0. The first kappa shape index (κ1) is 15.9. The number of ether oxygens (including phenoxy) is 1. The summed E-state index contributed by atoms with van der Waals surface area (Å²) in [7, 11) is 1.67. The SMILES string of the molecule is CCn1cncc1COc1cc(C)c(S(=O)(=O)Cl)cc1C. The summed E-state index contributed by atoms with van der Waals surface area (Å²) in [5.41, 5.74) is 2.25. The van der Waals surface area contributed by atoms with Crippen LogP contribution in [0.2, 0.25) is 0 Å². The maximum Gasteiger partial charge on any atom is 0.261 e. The number of hydrogen-bond donors (Lipinski definition) is 0. The van der Waals surface area contributed by atoms with Crippen molar-refractivity contribution in [2.45, 2.75) is 38.8 Å². The summed E-state index contributed by atoms with van der Waals surface area (Å²) in [5, 5.41) is 0. The van der Waals surface area contributed by atoms with Gasteiger partial charge >= 0.3 is 0 Å². The van der Waals surface area contributed by atoms with Crippen molar-refractivity contribution >= 4 is 19.7 Å². The number of aromatic nitrogens is 2. The van der Waals surface area contributed by atoms with Crippen LogP contribution in [0.3, 0.4) is 0 Å². The fraction of sp³-hybridized carbons (Fsp3) is 0.357. The standard InChI is InChI=1S/C14H17ClN2O3S/c1-4-17-9-16-7-12(17)8-20-13-5-11(3)14(6-10(13)2)21(15,18)19/h5-7,9H,4,8H2,1-3H3. The summed E-state index contributed by atoms with van der Waals surface area (Å²) in [6.07, 6.45) is 3.50. The maximum absolute atomic E-state index is 11.5. The van der Waals surface area contributed by atoms with Gasteiger partial charge in [0.1, 0.15) is 12.4 Å². The van der Waals surface area contributed by atoms with E-state index in [1.807, 2.05) is 11.5 Å². The highest BCUT2D eigenvalue weighted by atomic mass is 35.7. The summed E-state index contributed by atoms with van der Waals surface area (Å²) in [5.74, 6) is 0.639. The molecule has 0 atom stereocenters. The van der Waals surface area contributed by atoms with E-state index < -0.39 is 9.05 Å². The van der Waals surface area contributed by atoms with Gasteiger partial charge < -0.3 is 9.30 Å². The Morgan fingerprint density at radius 2 is 2.00 bits per heavy atom. The van der Waals surface area contributed by atoms with Crippen molar-refractivity contribution in [2.75, 3.05) is 0 Å². The highest BCUT2D eigenvalue weighted by molar-refractivity contribution is 8.13. The molecule has 0 saturated carbocycles. The fourth-order valence-corrected chi connectivity index (χ4v) is 3.35. The van der Waals surface area contributed by atoms with E-state index in [9.17, 15) is 8.42 Å². The van der Waals surface area contributed by atoms with Crippen LogP contribution in [0.5, 0.6) is 5.75 Å². The molecule has 0 bridgehead atoms. The van der Waals surface area contributed by atoms with Gasteiger partial charge in [-0.15, -0.1) is 0 Å². The molecular weight excluding hydrogens is 312 g/mol. The molecule has 0 aliphatic rings. The Kier molecular flexibility index (Phi) is 4.58. The number of rotatable bonds is 5. The van der Waals surface area contributed by atoms with Gasteiger partial charge in [-0.25, -0.2) is 13.4 Å². The number of aryl methyl sites for hydroxylation is 3. The monoisotopic (exact) mass is 328 g/mol. The molecule has 0 aliphatic carbocycles. The molecule has 0 N–H and O–H groups in total. The Bertz CT molecular complexity index is 754. The van der Waals surface area contributed by atoms with Crippen LogP contribution in [0.25, 0.3) is 0 Å². The highest BCUT2D eigenvalue weighted by Gasteiger charge is 2.16. The molecule has 1 aromatic carbocycles. The topological polar surface area (TPSA) is 61.2 Å². The second kappa shape index (κ2) is 6.07. The molecule has 0 unspecified atom stereocenters. The predicted molar refractivity (Wildman–Crippen MR) is 81.2 cm³/mol. The van der Waals surface area contributed by atoms with Gasteiger partial charge in [0.2, 0.25) is 0 Å². The number of hydrogen-bond acceptors (Lipinski definition) is 4. The van der Waals surface area contributed by atoms with Crippen molar-refractivity contribution in [3.8, 4) is 5.75 Å². The molecule has 0 spiro atoms. The van der Waals surface area contributed by atoms with Gasteiger partial charge in [-0.2, -0.15) is 0 Å². The predicted octanol–water partition coefficient (Wildman–Crippen LogP) is 3.03. The molecular formula is C14H17ClN2O3S. The van der Waals surface area contributed by atoms with E-state index in [1.54, 1.807) is 32.4 Å². The summed E-state index contributed by atoms with van der Waals surface area (Å²) < 4.78 is 30.7. The molecule has 0 aliphatic heterocycles. The average Bonchev–Trinajstić information content (AvgIpc) is 2.85. The van der Waals surface area contributed by atoms with Gasteiger partial charge in [0.05, 0.1) is 23.1 Å². The van der Waals surface area contributed by atoms with Crippen LogP contribution in [0, 0.1) is 13.8 Å². The molecule has 0 saturated heterocycles. The van der Waals surface area contributed by atoms with Crippen LogP contribution < -0.4 is 4.74 Å². The summed E-state index contributed by atoms with van der Waals surface area (Å²) in [4.78, 5) is 4.20. The van der Waals surface area contributed by atoms with Crippen molar-refractivity contribution < 1.29 is 13.2 Å². The number of benzene rings is 1. The number of imidazole rings is 1. The van der Waals surface area contributed by atoms with Gasteiger partial charge in [-0.1, -0.05) is 0 Å². The zero-order chi connectivity index (χ0) is 15.6. The van der Waals surface area contributed by atoms with Gasteiger partial charge in [0.25, 0.3) is 9.05 Å². The Labute approximate surface area is 128 Å². The largest absolute Gasteiger partial charge is 0.487 e. The summed E-state index contributed by atoms with van der Waals surface area (Å²) in [6.45, 7) is 6.71. The van der Waals surface area contributed by atoms with Crippen LogP contribution >= 0.6 is 10.7 Å². The van der Waals surface area contributed by atoms with E-state index in [0.717, 1.165) is 17.8 Å². The molecule has 21 heavy (non-hydrogen) atoms. The average molecular weight is 329 g/mol. The second-order valence-electron chi connectivity index (χ2n) is 4.78. The molecule has 5 nitrogen and oxygen atoms in total. The third-order valence-electron chi connectivity index (χ3n) is 3.25. The third-order valence-corrected chi connectivity index (χ3v) is 4.71. The molecule has 0 fully saturated rings. The normalized spacial score (nSPS) is 11.6. The van der Waals surface area contributed by atoms with E-state index in [2.05, 4.69) is 4.98 Å². The highest BCUT2D eigenvalue weighted by Crippen LogP contribution is 2.28. The Morgan fingerprint density at radius 3 is 2.62 bits per heavy atom. The molecule has 114 valence electrons. The van der Waals surface area contributed by atoms with Gasteiger partial charge in [-0.05, 0) is 44.0 Å². The van der Waals surface area contributed by atoms with Crippen molar-refractivity contribution in [2.24, 2.45) is 0 Å². The van der Waals surface area contributed by atoms with Crippen LogP contribution in [0.4, 0.5) is 0 Å². The zero-order valence-electron chi connectivity index (χ0n) is 12.1. The van der Waals surface area contributed by atoms with E-state index in [0.29, 0.717) is 17.9 Å². The Balaban J connectivity index is 2.24. The van der Waals surface area contributed by atoms with Crippen molar-refractivity contribution in [1.29, 1.82) is 0 Å².